The molecule has 2 heteroatoms. The van der Waals surface area contributed by atoms with Crippen molar-refractivity contribution >= 4 is 10.9 Å². The van der Waals surface area contributed by atoms with Crippen molar-refractivity contribution in [2.75, 3.05) is 0 Å². The van der Waals surface area contributed by atoms with Crippen molar-refractivity contribution in [3.05, 3.63) is 41.3 Å². The molecule has 1 aromatic carbocycles. The molecule has 0 amide bonds. The highest BCUT2D eigenvalue weighted by molar-refractivity contribution is 5.82. The molecule has 0 unspecified atom stereocenters. The van der Waals surface area contributed by atoms with Crippen molar-refractivity contribution in [2.24, 2.45) is 0 Å². The third-order valence-electron chi connectivity index (χ3n) is 2.79. The Hall–Kier alpha value is -1.44. The molecule has 2 aromatic rings. The van der Waals surface area contributed by atoms with Crippen LogP contribution in [0.25, 0.3) is 10.9 Å². The number of aryl methyl sites for hydroxylation is 1. The molecule has 0 N–H and O–H groups in total. The maximum absolute atomic E-state index is 13.7. The summed E-state index contributed by atoms with van der Waals surface area (Å²) >= 11 is 0. The highest BCUT2D eigenvalue weighted by Crippen LogP contribution is 2.25. The van der Waals surface area contributed by atoms with Gasteiger partial charge in [-0.15, -0.1) is 0 Å². The van der Waals surface area contributed by atoms with E-state index in [0.29, 0.717) is 5.52 Å². The Morgan fingerprint density at radius 3 is 2.38 bits per heavy atom. The molecule has 0 bridgehead atoms. The largest absolute Gasteiger partial charge is 0.249 e. The molecule has 0 saturated carbocycles. The molecule has 0 aliphatic heterocycles. The van der Waals surface area contributed by atoms with Gasteiger partial charge >= 0.3 is 0 Å². The Labute approximate surface area is 95.3 Å². The summed E-state index contributed by atoms with van der Waals surface area (Å²) in [4.78, 5) is 4.43. The topological polar surface area (TPSA) is 12.9 Å². The van der Waals surface area contributed by atoms with Crippen molar-refractivity contribution in [2.45, 2.75) is 33.1 Å². The first-order valence-corrected chi connectivity index (χ1v) is 5.46. The fourth-order valence-corrected chi connectivity index (χ4v) is 1.74. The van der Waals surface area contributed by atoms with Gasteiger partial charge in [0.15, 0.2) is 0 Å². The highest BCUT2D eigenvalue weighted by atomic mass is 19.1. The second-order valence-corrected chi connectivity index (χ2v) is 5.21. The van der Waals surface area contributed by atoms with Gasteiger partial charge in [-0.2, -0.15) is 0 Å². The summed E-state index contributed by atoms with van der Waals surface area (Å²) in [7, 11) is 0. The monoisotopic (exact) mass is 217 g/mol. The quantitative estimate of drug-likeness (QED) is 0.650. The molecule has 16 heavy (non-hydrogen) atoms. The number of rotatable bonds is 0. The van der Waals surface area contributed by atoms with E-state index in [2.05, 4.69) is 25.8 Å². The highest BCUT2D eigenvalue weighted by Gasteiger charge is 2.16. The fourth-order valence-electron chi connectivity index (χ4n) is 1.74. The van der Waals surface area contributed by atoms with Crippen molar-refractivity contribution < 1.29 is 4.39 Å². The Bertz CT molecular complexity index is 538. The zero-order chi connectivity index (χ0) is 11.9. The standard InChI is InChI=1S/C14H16FN/c1-9-5-7-11(15)13-10(9)6-8-12(16-13)14(2,3)4/h5-8H,1-4H3. The molecule has 1 aromatic heterocycles. The van der Waals surface area contributed by atoms with Gasteiger partial charge in [0.1, 0.15) is 11.3 Å². The van der Waals surface area contributed by atoms with E-state index in [9.17, 15) is 4.39 Å². The van der Waals surface area contributed by atoms with Crippen LogP contribution in [0.1, 0.15) is 32.0 Å². The smallest absolute Gasteiger partial charge is 0.149 e. The van der Waals surface area contributed by atoms with Gasteiger partial charge in [0.05, 0.1) is 0 Å². The average molecular weight is 217 g/mol. The van der Waals surface area contributed by atoms with Gasteiger partial charge in [0.2, 0.25) is 0 Å². The lowest BCUT2D eigenvalue weighted by Crippen LogP contribution is -2.13. The van der Waals surface area contributed by atoms with Crippen LogP contribution >= 0.6 is 0 Å². The molecule has 0 radical (unpaired) electrons. The van der Waals surface area contributed by atoms with Crippen LogP contribution in [0.2, 0.25) is 0 Å². The van der Waals surface area contributed by atoms with Gasteiger partial charge in [0.25, 0.3) is 0 Å². The predicted molar refractivity (Wildman–Crippen MR) is 65.1 cm³/mol. The molecular formula is C14H16FN. The Kier molecular flexibility index (Phi) is 2.45. The molecule has 1 heterocycles. The normalized spacial score (nSPS) is 12.1. The van der Waals surface area contributed by atoms with E-state index in [1.165, 1.54) is 6.07 Å². The average Bonchev–Trinajstić information content (AvgIpc) is 2.22. The van der Waals surface area contributed by atoms with Crippen LogP contribution in [0.4, 0.5) is 4.39 Å². The number of fused-ring (bicyclic) bond motifs is 1. The van der Waals surface area contributed by atoms with Gasteiger partial charge < -0.3 is 0 Å². The van der Waals surface area contributed by atoms with Gasteiger partial charge in [-0.05, 0) is 24.6 Å². The SMILES string of the molecule is Cc1ccc(F)c2nc(C(C)(C)C)ccc12. The number of nitrogens with zero attached hydrogens (tertiary/aromatic N) is 1. The van der Waals surface area contributed by atoms with Crippen molar-refractivity contribution in [3.63, 3.8) is 0 Å². The first kappa shape index (κ1) is 11.1. The van der Waals surface area contributed by atoms with E-state index in [-0.39, 0.29) is 11.2 Å². The number of hydrogen-bond donors (Lipinski definition) is 0. The summed E-state index contributed by atoms with van der Waals surface area (Å²) in [6.45, 7) is 8.21. The van der Waals surface area contributed by atoms with E-state index >= 15 is 0 Å². The number of benzene rings is 1. The van der Waals surface area contributed by atoms with Crippen molar-refractivity contribution in [1.82, 2.24) is 4.98 Å². The van der Waals surface area contributed by atoms with E-state index in [1.807, 2.05) is 19.1 Å². The Morgan fingerprint density at radius 1 is 1.06 bits per heavy atom. The summed E-state index contributed by atoms with van der Waals surface area (Å²) < 4.78 is 13.7. The van der Waals surface area contributed by atoms with Crippen LogP contribution in [0.15, 0.2) is 24.3 Å². The van der Waals surface area contributed by atoms with Crippen LogP contribution in [0.5, 0.6) is 0 Å². The van der Waals surface area contributed by atoms with E-state index in [0.717, 1.165) is 16.6 Å². The van der Waals surface area contributed by atoms with E-state index in [1.54, 1.807) is 6.07 Å². The molecule has 0 fully saturated rings. The molecule has 2 rings (SSSR count). The summed E-state index contributed by atoms with van der Waals surface area (Å²) in [6.07, 6.45) is 0. The molecule has 84 valence electrons. The predicted octanol–water partition coefficient (Wildman–Crippen LogP) is 3.98. The Balaban J connectivity index is 2.76. The zero-order valence-corrected chi connectivity index (χ0v) is 10.1. The molecule has 0 atom stereocenters. The first-order valence-electron chi connectivity index (χ1n) is 5.46. The Morgan fingerprint density at radius 2 is 1.75 bits per heavy atom. The van der Waals surface area contributed by atoms with Crippen LogP contribution in [-0.4, -0.2) is 4.98 Å². The molecule has 0 saturated heterocycles. The van der Waals surface area contributed by atoms with Crippen LogP contribution in [0.3, 0.4) is 0 Å². The summed E-state index contributed by atoms with van der Waals surface area (Å²) in [5.74, 6) is -0.244. The maximum Gasteiger partial charge on any atom is 0.149 e. The second-order valence-electron chi connectivity index (χ2n) is 5.21. The number of hydrogen-bond acceptors (Lipinski definition) is 1. The second kappa shape index (κ2) is 3.55. The lowest BCUT2D eigenvalue weighted by atomic mass is 9.91. The first-order chi connectivity index (χ1) is 7.39. The minimum Gasteiger partial charge on any atom is -0.249 e. The molecule has 0 aliphatic carbocycles. The van der Waals surface area contributed by atoms with Crippen LogP contribution < -0.4 is 0 Å². The molecule has 0 aliphatic rings. The lowest BCUT2D eigenvalue weighted by molar-refractivity contribution is 0.569. The van der Waals surface area contributed by atoms with Gasteiger partial charge in [-0.3, -0.25) is 0 Å². The fraction of sp³-hybridized carbons (Fsp3) is 0.357. The van der Waals surface area contributed by atoms with Crippen molar-refractivity contribution in [3.8, 4) is 0 Å². The third-order valence-corrected chi connectivity index (χ3v) is 2.79. The number of pyridine rings is 1. The van der Waals surface area contributed by atoms with Crippen LogP contribution in [0, 0.1) is 12.7 Å². The number of halogens is 1. The van der Waals surface area contributed by atoms with Gasteiger partial charge in [0, 0.05) is 16.5 Å². The minimum absolute atomic E-state index is 0.0512. The zero-order valence-electron chi connectivity index (χ0n) is 10.1. The summed E-state index contributed by atoms with van der Waals surface area (Å²) in [5.41, 5.74) is 2.41. The molecule has 1 nitrogen and oxygen atoms in total. The van der Waals surface area contributed by atoms with Crippen molar-refractivity contribution in [1.29, 1.82) is 0 Å². The van der Waals surface area contributed by atoms with Gasteiger partial charge in [-0.1, -0.05) is 32.9 Å². The third kappa shape index (κ3) is 1.80. The van der Waals surface area contributed by atoms with Gasteiger partial charge in [-0.25, -0.2) is 9.37 Å². The maximum atomic E-state index is 13.7. The lowest BCUT2D eigenvalue weighted by Gasteiger charge is -2.18. The van der Waals surface area contributed by atoms with E-state index < -0.39 is 0 Å². The van der Waals surface area contributed by atoms with E-state index in [4.69, 9.17) is 0 Å². The molecular weight excluding hydrogens is 201 g/mol. The number of aromatic nitrogens is 1. The molecule has 0 spiro atoms. The van der Waals surface area contributed by atoms with Crippen LogP contribution in [-0.2, 0) is 5.41 Å². The summed E-state index contributed by atoms with van der Waals surface area (Å²) in [6, 6.07) is 7.21. The summed E-state index contributed by atoms with van der Waals surface area (Å²) in [5, 5.41) is 0.896. The minimum atomic E-state index is -0.244.